The molecule has 2 atom stereocenters. The Morgan fingerprint density at radius 3 is 2.33 bits per heavy atom. The van der Waals surface area contributed by atoms with Crippen LogP contribution in [0, 0.1) is 6.92 Å². The van der Waals surface area contributed by atoms with Gasteiger partial charge in [-0.15, -0.1) is 0 Å². The second-order valence-electron chi connectivity index (χ2n) is 9.63. The largest absolute Gasteiger partial charge is 0.443 e. The molecule has 40 heavy (non-hydrogen) atoms. The van der Waals surface area contributed by atoms with E-state index in [1.807, 2.05) is 79.7 Å². The van der Waals surface area contributed by atoms with Crippen molar-refractivity contribution >= 4 is 23.5 Å². The summed E-state index contributed by atoms with van der Waals surface area (Å²) >= 11 is 6.78. The molecule has 0 fully saturated rings. The van der Waals surface area contributed by atoms with Gasteiger partial charge in [0.2, 0.25) is 5.91 Å². The van der Waals surface area contributed by atoms with E-state index in [4.69, 9.17) is 27.6 Å². The van der Waals surface area contributed by atoms with Crippen LogP contribution in [0.1, 0.15) is 60.8 Å². The smallest absolute Gasteiger partial charge is 0.330 e. The number of ether oxygens (including phenoxy) is 1. The predicted molar refractivity (Wildman–Crippen MR) is 158 cm³/mol. The molecule has 9 heteroatoms. The summed E-state index contributed by atoms with van der Waals surface area (Å²) in [6.45, 7) is 2.79. The number of nitrogens with zero attached hydrogens (tertiary/aromatic N) is 3. The molecule has 0 saturated heterocycles. The number of hydrogen-bond acceptors (Lipinski definition) is 5. The molecule has 2 unspecified atom stereocenters. The first-order valence-corrected chi connectivity index (χ1v) is 13.9. The van der Waals surface area contributed by atoms with Crippen LogP contribution in [0.3, 0.4) is 0 Å². The van der Waals surface area contributed by atoms with Gasteiger partial charge in [0.25, 0.3) is 0 Å². The lowest BCUT2D eigenvalue weighted by molar-refractivity contribution is -0.157. The van der Waals surface area contributed by atoms with Crippen LogP contribution in [-0.2, 0) is 19.9 Å². The summed E-state index contributed by atoms with van der Waals surface area (Å²) in [5.41, 5.74) is 15.9. The molecule has 1 amide bonds. The fourth-order valence-electron chi connectivity index (χ4n) is 4.60. The van der Waals surface area contributed by atoms with E-state index in [2.05, 4.69) is 15.3 Å². The minimum atomic E-state index is -1.36. The first-order valence-electron chi connectivity index (χ1n) is 13.5. The molecule has 0 radical (unpaired) electrons. The molecule has 0 spiro atoms. The average molecular weight is 562 g/mol. The molecule has 0 aliphatic rings. The molecule has 0 aliphatic carbocycles. The quantitative estimate of drug-likeness (QED) is 0.0542. The van der Waals surface area contributed by atoms with Crippen molar-refractivity contribution in [3.8, 4) is 0 Å². The third-order valence-corrected chi connectivity index (χ3v) is 7.02. The highest BCUT2D eigenvalue weighted by atomic mass is 35.5. The second-order valence-corrected chi connectivity index (χ2v) is 10.0. The van der Waals surface area contributed by atoms with Crippen LogP contribution in [0.4, 0.5) is 0 Å². The first-order chi connectivity index (χ1) is 19.4. The maximum absolute atomic E-state index is 14.0. The van der Waals surface area contributed by atoms with Crippen molar-refractivity contribution in [3.63, 3.8) is 0 Å². The number of azide groups is 1. The molecule has 210 valence electrons. The van der Waals surface area contributed by atoms with E-state index < -0.39 is 17.6 Å². The van der Waals surface area contributed by atoms with Crippen molar-refractivity contribution in [3.05, 3.63) is 117 Å². The number of carbonyl (C=O) groups is 2. The monoisotopic (exact) mass is 561 g/mol. The van der Waals surface area contributed by atoms with Gasteiger partial charge in [0.05, 0.1) is 0 Å². The van der Waals surface area contributed by atoms with Crippen LogP contribution >= 0.6 is 11.6 Å². The van der Waals surface area contributed by atoms with Gasteiger partial charge >= 0.3 is 5.97 Å². The number of esters is 1. The number of benzene rings is 3. The standard InChI is InChI=1S/C31H36ClN5O3/c1-23-17-19-25(20-18-23)31(24-11-3-2-4-12-24,26-13-5-6-14-27(26)32)40-30(39)28(15-7-9-21-33)36-29(38)16-8-10-22-35-37-34/h2-6,11-14,17-20,28H,7-10,15-16,21-22,33H2,1H3,(H,36,38). The predicted octanol–water partition coefficient (Wildman–Crippen LogP) is 6.58. The van der Waals surface area contributed by atoms with Crippen LogP contribution in [0.2, 0.25) is 5.02 Å². The maximum Gasteiger partial charge on any atom is 0.330 e. The Hall–Kier alpha value is -3.84. The van der Waals surface area contributed by atoms with Crippen molar-refractivity contribution in [2.24, 2.45) is 10.8 Å². The molecular formula is C31H36ClN5O3. The highest BCUT2D eigenvalue weighted by molar-refractivity contribution is 6.31. The second kappa shape index (κ2) is 15.7. The van der Waals surface area contributed by atoms with E-state index in [9.17, 15) is 9.59 Å². The lowest BCUT2D eigenvalue weighted by atomic mass is 9.79. The summed E-state index contributed by atoms with van der Waals surface area (Å²) in [6, 6.07) is 23.7. The van der Waals surface area contributed by atoms with Crippen molar-refractivity contribution < 1.29 is 14.3 Å². The van der Waals surface area contributed by atoms with Crippen LogP contribution in [-0.4, -0.2) is 31.0 Å². The number of nitrogens with one attached hydrogen (secondary N) is 1. The molecule has 0 heterocycles. The van der Waals surface area contributed by atoms with Crippen LogP contribution in [0.15, 0.2) is 84.0 Å². The van der Waals surface area contributed by atoms with Crippen LogP contribution < -0.4 is 11.1 Å². The van der Waals surface area contributed by atoms with E-state index in [-0.39, 0.29) is 12.3 Å². The summed E-state index contributed by atoms with van der Waals surface area (Å²) in [6.07, 6.45) is 3.04. The zero-order valence-electron chi connectivity index (χ0n) is 22.8. The van der Waals surface area contributed by atoms with Gasteiger partial charge in [0, 0.05) is 39.6 Å². The first kappa shape index (κ1) is 30.7. The van der Waals surface area contributed by atoms with Gasteiger partial charge in [-0.2, -0.15) is 0 Å². The zero-order chi connectivity index (χ0) is 28.8. The number of halogens is 1. The Kier molecular flexibility index (Phi) is 12.0. The van der Waals surface area contributed by atoms with E-state index in [0.717, 1.165) is 16.7 Å². The number of hydrogen-bond donors (Lipinski definition) is 2. The Balaban J connectivity index is 2.02. The van der Waals surface area contributed by atoms with Crippen molar-refractivity contribution in [2.45, 2.75) is 57.1 Å². The molecule has 0 aliphatic heterocycles. The number of aryl methyl sites for hydroxylation is 1. The molecule has 8 nitrogen and oxygen atoms in total. The van der Waals surface area contributed by atoms with Gasteiger partial charge in [0.15, 0.2) is 5.60 Å². The number of unbranched alkanes of at least 4 members (excludes halogenated alkanes) is 2. The summed E-state index contributed by atoms with van der Waals surface area (Å²) < 4.78 is 6.54. The normalized spacial score (nSPS) is 13.0. The van der Waals surface area contributed by atoms with Crippen LogP contribution in [0.5, 0.6) is 0 Å². The molecule has 0 bridgehead atoms. The summed E-state index contributed by atoms with van der Waals surface area (Å²) in [5.74, 6) is -0.835. The van der Waals surface area contributed by atoms with E-state index >= 15 is 0 Å². The average Bonchev–Trinajstić information content (AvgIpc) is 2.96. The lowest BCUT2D eigenvalue weighted by Gasteiger charge is -2.37. The molecule has 3 rings (SSSR count). The molecule has 3 aromatic rings. The van der Waals surface area contributed by atoms with Gasteiger partial charge in [-0.1, -0.05) is 95.1 Å². The number of carbonyl (C=O) groups excluding carboxylic acids is 2. The highest BCUT2D eigenvalue weighted by Crippen LogP contribution is 2.43. The number of rotatable bonds is 15. The lowest BCUT2D eigenvalue weighted by Crippen LogP contribution is -2.46. The van der Waals surface area contributed by atoms with Crippen molar-refractivity contribution in [1.29, 1.82) is 0 Å². The van der Waals surface area contributed by atoms with E-state index in [1.54, 1.807) is 6.07 Å². The molecular weight excluding hydrogens is 526 g/mol. The van der Waals surface area contributed by atoms with Gasteiger partial charge < -0.3 is 15.8 Å². The summed E-state index contributed by atoms with van der Waals surface area (Å²) in [7, 11) is 0. The Morgan fingerprint density at radius 1 is 0.975 bits per heavy atom. The number of nitrogens with two attached hydrogens (primary N) is 1. The van der Waals surface area contributed by atoms with Gasteiger partial charge in [0.1, 0.15) is 6.04 Å². The Morgan fingerprint density at radius 2 is 1.65 bits per heavy atom. The highest BCUT2D eigenvalue weighted by Gasteiger charge is 2.43. The van der Waals surface area contributed by atoms with Gasteiger partial charge in [-0.3, -0.25) is 4.79 Å². The Bertz CT molecular complexity index is 1300. The fraction of sp³-hybridized carbons (Fsp3) is 0.355. The Labute approximate surface area is 240 Å². The van der Waals surface area contributed by atoms with Crippen molar-refractivity contribution in [2.75, 3.05) is 13.1 Å². The van der Waals surface area contributed by atoms with Crippen molar-refractivity contribution in [1.82, 2.24) is 5.32 Å². The zero-order valence-corrected chi connectivity index (χ0v) is 23.5. The number of amides is 1. The molecule has 0 saturated carbocycles. The molecule has 3 N–H and O–H groups in total. The van der Waals surface area contributed by atoms with E-state index in [1.165, 1.54) is 0 Å². The minimum Gasteiger partial charge on any atom is -0.443 e. The van der Waals surface area contributed by atoms with E-state index in [0.29, 0.717) is 55.8 Å². The van der Waals surface area contributed by atoms with Gasteiger partial charge in [-0.05, 0) is 57.2 Å². The van der Waals surface area contributed by atoms with Gasteiger partial charge in [-0.25, -0.2) is 4.79 Å². The topological polar surface area (TPSA) is 130 Å². The fourth-order valence-corrected chi connectivity index (χ4v) is 4.87. The molecule has 3 aromatic carbocycles. The SMILES string of the molecule is Cc1ccc(C(OC(=O)C(CCCCN)NC(=O)CCCCN=[N+]=[N-])(c2ccccc2)c2ccccc2Cl)cc1. The molecule has 0 aromatic heterocycles. The third-order valence-electron chi connectivity index (χ3n) is 6.69. The van der Waals surface area contributed by atoms with Crippen LogP contribution in [0.25, 0.3) is 10.4 Å². The maximum atomic E-state index is 14.0. The summed E-state index contributed by atoms with van der Waals surface area (Å²) in [4.78, 5) is 29.6. The summed E-state index contributed by atoms with van der Waals surface area (Å²) in [5, 5.41) is 6.82. The third kappa shape index (κ3) is 8.09. The minimum absolute atomic E-state index is 0.202.